The molecule has 0 aliphatic carbocycles. The number of ether oxygens (including phenoxy) is 1. The normalized spacial score (nSPS) is 11.1. The maximum Gasteiger partial charge on any atom is 0.342 e. The van der Waals surface area contributed by atoms with Crippen LogP contribution < -0.4 is 4.72 Å². The highest BCUT2D eigenvalue weighted by Gasteiger charge is 2.22. The van der Waals surface area contributed by atoms with E-state index < -0.39 is 16.0 Å². The van der Waals surface area contributed by atoms with Crippen LogP contribution in [0.25, 0.3) is 0 Å². The van der Waals surface area contributed by atoms with Crippen LogP contribution in [0.2, 0.25) is 0 Å². The topological polar surface area (TPSA) is 101 Å². The number of aromatic amines is 1. The summed E-state index contributed by atoms with van der Waals surface area (Å²) in [6.07, 6.45) is 4.12. The molecule has 2 N–H and O–H groups in total. The van der Waals surface area contributed by atoms with Crippen molar-refractivity contribution in [1.29, 1.82) is 0 Å². The van der Waals surface area contributed by atoms with Crippen molar-refractivity contribution >= 4 is 21.7 Å². The minimum absolute atomic E-state index is 0.0126. The fourth-order valence-electron chi connectivity index (χ4n) is 1.78. The van der Waals surface area contributed by atoms with Crippen LogP contribution in [0.1, 0.15) is 23.0 Å². The summed E-state index contributed by atoms with van der Waals surface area (Å²) < 4.78 is 31.7. The van der Waals surface area contributed by atoms with Gasteiger partial charge in [0.25, 0.3) is 10.0 Å². The van der Waals surface area contributed by atoms with Gasteiger partial charge in [-0.15, -0.1) is 0 Å². The molecule has 21 heavy (non-hydrogen) atoms. The quantitative estimate of drug-likeness (QED) is 0.819. The van der Waals surface area contributed by atoms with Crippen molar-refractivity contribution in [2.24, 2.45) is 0 Å². The van der Waals surface area contributed by atoms with E-state index in [1.807, 2.05) is 0 Å². The molecule has 7 nitrogen and oxygen atoms in total. The van der Waals surface area contributed by atoms with E-state index in [0.717, 1.165) is 0 Å². The van der Waals surface area contributed by atoms with Crippen LogP contribution >= 0.6 is 0 Å². The molecule has 0 saturated carbocycles. The van der Waals surface area contributed by atoms with Crippen molar-refractivity contribution in [2.45, 2.75) is 18.7 Å². The monoisotopic (exact) mass is 309 g/mol. The maximum atomic E-state index is 12.2. The van der Waals surface area contributed by atoms with E-state index in [-0.39, 0.29) is 22.8 Å². The first-order valence-electron chi connectivity index (χ1n) is 6.23. The number of carbonyl (C=O) groups excluding carboxylic acids is 1. The zero-order chi connectivity index (χ0) is 15.5. The molecule has 2 heterocycles. The van der Waals surface area contributed by atoms with E-state index in [4.69, 9.17) is 4.74 Å². The largest absolute Gasteiger partial charge is 0.462 e. The van der Waals surface area contributed by atoms with Crippen molar-refractivity contribution < 1.29 is 17.9 Å². The summed E-state index contributed by atoms with van der Waals surface area (Å²) in [4.78, 5) is 18.5. The van der Waals surface area contributed by atoms with Gasteiger partial charge in [-0.25, -0.2) is 13.2 Å². The highest BCUT2D eigenvalue weighted by atomic mass is 32.2. The van der Waals surface area contributed by atoms with Crippen LogP contribution in [0.3, 0.4) is 0 Å². The molecule has 0 aliphatic rings. The summed E-state index contributed by atoms with van der Waals surface area (Å²) in [5.74, 6) is -0.583. The Balaban J connectivity index is 2.35. The highest BCUT2D eigenvalue weighted by Crippen LogP contribution is 2.23. The standard InChI is InChI=1S/C13H15N3O4S/c1-3-20-13(17)12-9(2)15-8-11(12)16-21(18,19)10-5-4-6-14-7-10/h4-8,15-16H,3H2,1-2H3. The molecular formula is C13H15N3O4S. The summed E-state index contributed by atoms with van der Waals surface area (Å²) in [6, 6.07) is 2.93. The molecule has 0 spiro atoms. The van der Waals surface area contributed by atoms with Crippen molar-refractivity contribution in [3.05, 3.63) is 42.0 Å². The summed E-state index contributed by atoms with van der Waals surface area (Å²) >= 11 is 0. The van der Waals surface area contributed by atoms with Crippen LogP contribution in [0.15, 0.2) is 35.6 Å². The predicted molar refractivity (Wildman–Crippen MR) is 76.5 cm³/mol. The summed E-state index contributed by atoms with van der Waals surface area (Å²) in [5.41, 5.74) is 0.844. The number of aryl methyl sites for hydroxylation is 1. The molecule has 0 bridgehead atoms. The molecule has 0 saturated heterocycles. The number of pyridine rings is 1. The van der Waals surface area contributed by atoms with E-state index >= 15 is 0 Å². The Bertz CT molecular complexity index is 738. The van der Waals surface area contributed by atoms with Crippen LogP contribution in [-0.2, 0) is 14.8 Å². The van der Waals surface area contributed by atoms with Gasteiger partial charge in [-0.05, 0) is 26.0 Å². The maximum absolute atomic E-state index is 12.2. The zero-order valence-corrected chi connectivity index (χ0v) is 12.4. The fraction of sp³-hybridized carbons (Fsp3) is 0.231. The molecule has 0 aliphatic heterocycles. The number of nitrogens with zero attached hydrogens (tertiary/aromatic N) is 1. The number of esters is 1. The molecular weight excluding hydrogens is 294 g/mol. The number of anilines is 1. The van der Waals surface area contributed by atoms with Gasteiger partial charge in [-0.3, -0.25) is 9.71 Å². The molecule has 2 aromatic heterocycles. The second-order valence-electron chi connectivity index (χ2n) is 4.22. The van der Waals surface area contributed by atoms with Gasteiger partial charge in [0.05, 0.1) is 12.3 Å². The summed E-state index contributed by atoms with van der Waals surface area (Å²) in [5, 5.41) is 0. The number of hydrogen-bond acceptors (Lipinski definition) is 5. The molecule has 8 heteroatoms. The Morgan fingerprint density at radius 3 is 2.86 bits per heavy atom. The van der Waals surface area contributed by atoms with E-state index in [2.05, 4.69) is 14.7 Å². The van der Waals surface area contributed by atoms with Gasteiger partial charge in [0.15, 0.2) is 0 Å². The van der Waals surface area contributed by atoms with Crippen LogP contribution in [0.5, 0.6) is 0 Å². The third kappa shape index (κ3) is 3.22. The number of sulfonamides is 1. The average molecular weight is 309 g/mol. The lowest BCUT2D eigenvalue weighted by atomic mass is 10.2. The van der Waals surface area contributed by atoms with E-state index in [1.54, 1.807) is 13.8 Å². The third-order valence-electron chi connectivity index (χ3n) is 2.75. The molecule has 0 aromatic carbocycles. The van der Waals surface area contributed by atoms with E-state index in [0.29, 0.717) is 5.69 Å². The van der Waals surface area contributed by atoms with Gasteiger partial charge < -0.3 is 9.72 Å². The van der Waals surface area contributed by atoms with Gasteiger partial charge in [-0.1, -0.05) is 0 Å². The molecule has 0 radical (unpaired) electrons. The Morgan fingerprint density at radius 1 is 1.48 bits per heavy atom. The average Bonchev–Trinajstić information content (AvgIpc) is 2.80. The molecule has 2 rings (SSSR count). The minimum atomic E-state index is -3.81. The number of carbonyl (C=O) groups is 1. The number of aromatic nitrogens is 2. The van der Waals surface area contributed by atoms with Gasteiger partial charge in [0, 0.05) is 24.3 Å². The predicted octanol–water partition coefficient (Wildman–Crippen LogP) is 1.70. The number of H-pyrrole nitrogens is 1. The lowest BCUT2D eigenvalue weighted by molar-refractivity contribution is 0.0527. The first-order valence-corrected chi connectivity index (χ1v) is 7.72. The van der Waals surface area contributed by atoms with Crippen LogP contribution in [0.4, 0.5) is 5.69 Å². The molecule has 0 fully saturated rings. The summed E-state index contributed by atoms with van der Waals surface area (Å²) in [6.45, 7) is 3.55. The smallest absolute Gasteiger partial charge is 0.342 e. The van der Waals surface area contributed by atoms with Crippen molar-refractivity contribution in [2.75, 3.05) is 11.3 Å². The highest BCUT2D eigenvalue weighted by molar-refractivity contribution is 7.92. The molecule has 0 amide bonds. The van der Waals surface area contributed by atoms with Crippen LogP contribution in [0, 0.1) is 6.92 Å². The van der Waals surface area contributed by atoms with Crippen LogP contribution in [-0.4, -0.2) is 31.0 Å². The molecule has 0 unspecified atom stereocenters. The lowest BCUT2D eigenvalue weighted by Crippen LogP contribution is -2.16. The first kappa shape index (κ1) is 15.0. The Kier molecular flexibility index (Phi) is 4.27. The Hall–Kier alpha value is -2.35. The van der Waals surface area contributed by atoms with E-state index in [1.165, 1.54) is 30.7 Å². The Morgan fingerprint density at radius 2 is 2.24 bits per heavy atom. The third-order valence-corrected chi connectivity index (χ3v) is 4.10. The van der Waals surface area contributed by atoms with Gasteiger partial charge >= 0.3 is 5.97 Å². The number of hydrogen-bond donors (Lipinski definition) is 2. The van der Waals surface area contributed by atoms with Gasteiger partial charge in [-0.2, -0.15) is 0 Å². The fourth-order valence-corrected chi connectivity index (χ4v) is 2.81. The van der Waals surface area contributed by atoms with E-state index in [9.17, 15) is 13.2 Å². The number of rotatable bonds is 5. The number of nitrogens with one attached hydrogen (secondary N) is 2. The van der Waals surface area contributed by atoms with Gasteiger partial charge in [0.2, 0.25) is 0 Å². The van der Waals surface area contributed by atoms with Gasteiger partial charge in [0.1, 0.15) is 10.5 Å². The molecule has 2 aromatic rings. The summed E-state index contributed by atoms with van der Waals surface area (Å²) in [7, 11) is -3.81. The van der Waals surface area contributed by atoms with Crippen molar-refractivity contribution in [3.8, 4) is 0 Å². The van der Waals surface area contributed by atoms with Crippen molar-refractivity contribution in [3.63, 3.8) is 0 Å². The SMILES string of the molecule is CCOC(=O)c1c(NS(=O)(=O)c2cccnc2)c[nH]c1C. The first-order chi connectivity index (χ1) is 9.95. The Labute approximate surface area is 122 Å². The molecule has 112 valence electrons. The minimum Gasteiger partial charge on any atom is -0.462 e. The zero-order valence-electron chi connectivity index (χ0n) is 11.6. The second kappa shape index (κ2) is 5.96. The van der Waals surface area contributed by atoms with Crippen molar-refractivity contribution in [1.82, 2.24) is 9.97 Å². The lowest BCUT2D eigenvalue weighted by Gasteiger charge is -2.08. The second-order valence-corrected chi connectivity index (χ2v) is 5.90. The molecule has 0 atom stereocenters.